The molecule has 6 rings (SSSR count). The zero-order valence-corrected chi connectivity index (χ0v) is 16.4. The molecule has 1 aromatic heterocycles. The molecule has 2 atom stereocenters. The second-order valence-corrected chi connectivity index (χ2v) is 9.57. The highest BCUT2D eigenvalue weighted by Crippen LogP contribution is 2.62. The Kier molecular flexibility index (Phi) is 3.80. The zero-order chi connectivity index (χ0) is 19.7. The van der Waals surface area contributed by atoms with Gasteiger partial charge < -0.3 is 14.3 Å². The van der Waals surface area contributed by atoms with E-state index in [0.29, 0.717) is 29.4 Å². The van der Waals surface area contributed by atoms with Crippen LogP contribution in [0.5, 0.6) is 0 Å². The number of fused-ring (bicyclic) bond motifs is 1. The van der Waals surface area contributed by atoms with Crippen molar-refractivity contribution in [1.82, 2.24) is 0 Å². The highest BCUT2D eigenvalue weighted by molar-refractivity contribution is 5.82. The predicted octanol–water partition coefficient (Wildman–Crippen LogP) is 3.78. The first kappa shape index (κ1) is 17.9. The highest BCUT2D eigenvalue weighted by Gasteiger charge is 2.60. The van der Waals surface area contributed by atoms with Crippen LogP contribution in [0.25, 0.3) is 11.0 Å². The van der Waals surface area contributed by atoms with E-state index in [1.165, 1.54) is 6.07 Å². The summed E-state index contributed by atoms with van der Waals surface area (Å²) >= 11 is 0. The zero-order valence-electron chi connectivity index (χ0n) is 16.4. The van der Waals surface area contributed by atoms with E-state index in [1.807, 2.05) is 26.0 Å². The Hall–Kier alpha value is -2.14. The molecule has 1 heterocycles. The van der Waals surface area contributed by atoms with Crippen molar-refractivity contribution in [3.63, 3.8) is 0 Å². The molecule has 4 aliphatic carbocycles. The summed E-state index contributed by atoms with van der Waals surface area (Å²) in [7, 11) is 0. The third-order valence-electron chi connectivity index (χ3n) is 7.27. The lowest BCUT2D eigenvalue weighted by atomic mass is 9.48. The molecule has 148 valence electrons. The molecule has 4 aliphatic rings. The molecule has 5 heteroatoms. The molecule has 4 saturated carbocycles. The van der Waals surface area contributed by atoms with E-state index in [9.17, 15) is 14.7 Å². The second kappa shape index (κ2) is 5.93. The van der Waals surface area contributed by atoms with Crippen molar-refractivity contribution in [3.8, 4) is 0 Å². The number of aliphatic hydroxyl groups is 1. The smallest absolute Gasteiger partial charge is 0.336 e. The molecule has 0 amide bonds. The van der Waals surface area contributed by atoms with Gasteiger partial charge in [-0.1, -0.05) is 0 Å². The van der Waals surface area contributed by atoms with Crippen LogP contribution in [-0.4, -0.2) is 16.7 Å². The van der Waals surface area contributed by atoms with E-state index in [0.717, 1.165) is 48.6 Å². The van der Waals surface area contributed by atoms with E-state index < -0.39 is 16.6 Å². The number of benzene rings is 1. The number of hydrogen-bond acceptors (Lipinski definition) is 5. The van der Waals surface area contributed by atoms with Gasteiger partial charge in [-0.15, -0.1) is 0 Å². The largest absolute Gasteiger partial charge is 0.460 e. The van der Waals surface area contributed by atoms with Crippen LogP contribution in [0.4, 0.5) is 0 Å². The van der Waals surface area contributed by atoms with Crippen LogP contribution in [-0.2, 0) is 16.1 Å². The van der Waals surface area contributed by atoms with Gasteiger partial charge in [0.25, 0.3) is 0 Å². The minimum atomic E-state index is -0.696. The Morgan fingerprint density at radius 1 is 1.14 bits per heavy atom. The Morgan fingerprint density at radius 2 is 1.82 bits per heavy atom. The average Bonchev–Trinajstić information content (AvgIpc) is 2.58. The SMILES string of the molecule is Cc1cc2oc(=O)cc(COC(=O)C34C[C@H]5C[C@@H](CC(O)(C5)C3)C4)c2cc1C. The second-order valence-electron chi connectivity index (χ2n) is 9.57. The summed E-state index contributed by atoms with van der Waals surface area (Å²) in [6.45, 7) is 4.03. The van der Waals surface area contributed by atoms with E-state index in [4.69, 9.17) is 9.15 Å². The number of hydrogen-bond donors (Lipinski definition) is 1. The molecule has 1 aromatic carbocycles. The van der Waals surface area contributed by atoms with Crippen LogP contribution in [0.3, 0.4) is 0 Å². The number of rotatable bonds is 3. The van der Waals surface area contributed by atoms with Crippen molar-refractivity contribution in [2.45, 2.75) is 64.6 Å². The monoisotopic (exact) mass is 382 g/mol. The van der Waals surface area contributed by atoms with Crippen LogP contribution in [0.1, 0.15) is 55.2 Å². The maximum absolute atomic E-state index is 13.1. The third-order valence-corrected chi connectivity index (χ3v) is 7.27. The van der Waals surface area contributed by atoms with Gasteiger partial charge in [0.15, 0.2) is 0 Å². The van der Waals surface area contributed by atoms with E-state index in [-0.39, 0.29) is 12.6 Å². The lowest BCUT2D eigenvalue weighted by Gasteiger charge is -2.58. The minimum absolute atomic E-state index is 0.0545. The van der Waals surface area contributed by atoms with Gasteiger partial charge in [0, 0.05) is 17.0 Å². The van der Waals surface area contributed by atoms with Gasteiger partial charge in [0.2, 0.25) is 0 Å². The van der Waals surface area contributed by atoms with Crippen LogP contribution >= 0.6 is 0 Å². The standard InChI is InChI=1S/C23H26O5/c1-13-3-18-17(6-20(24)28-19(18)4-14(13)2)11-27-21(25)22-7-15-5-16(8-22)10-23(26,9-15)12-22/h3-4,6,15-16,26H,5,7-12H2,1-2H3/t15-,16-,22?,23?/m1/s1. The van der Waals surface area contributed by atoms with Crippen molar-refractivity contribution in [1.29, 1.82) is 0 Å². The lowest BCUT2D eigenvalue weighted by Crippen LogP contribution is -2.58. The molecular weight excluding hydrogens is 356 g/mol. The molecular formula is C23H26O5. The number of carbonyl (C=O) groups excluding carboxylic acids is 1. The first-order valence-electron chi connectivity index (χ1n) is 10.2. The Morgan fingerprint density at radius 3 is 2.50 bits per heavy atom. The fourth-order valence-electron chi connectivity index (χ4n) is 6.35. The third kappa shape index (κ3) is 2.79. The van der Waals surface area contributed by atoms with Crippen molar-refractivity contribution in [2.24, 2.45) is 17.3 Å². The molecule has 0 aliphatic heterocycles. The number of esters is 1. The van der Waals surface area contributed by atoms with Gasteiger partial charge in [0.05, 0.1) is 11.0 Å². The normalized spacial score (nSPS) is 33.4. The predicted molar refractivity (Wildman–Crippen MR) is 104 cm³/mol. The lowest BCUT2D eigenvalue weighted by molar-refractivity contribution is -0.197. The maximum atomic E-state index is 13.1. The first-order valence-corrected chi connectivity index (χ1v) is 10.2. The fourth-order valence-corrected chi connectivity index (χ4v) is 6.35. The summed E-state index contributed by atoms with van der Waals surface area (Å²) in [6.07, 6.45) is 4.92. The van der Waals surface area contributed by atoms with Crippen LogP contribution in [0.15, 0.2) is 27.4 Å². The average molecular weight is 382 g/mol. The topological polar surface area (TPSA) is 76.7 Å². The fraction of sp³-hybridized carbons (Fsp3) is 0.565. The molecule has 0 unspecified atom stereocenters. The van der Waals surface area contributed by atoms with Crippen LogP contribution < -0.4 is 5.63 Å². The minimum Gasteiger partial charge on any atom is -0.460 e. The Labute approximate surface area is 163 Å². The number of ether oxygens (including phenoxy) is 1. The van der Waals surface area contributed by atoms with E-state index in [2.05, 4.69) is 0 Å². The summed E-state index contributed by atoms with van der Waals surface area (Å²) in [5, 5.41) is 11.7. The van der Waals surface area contributed by atoms with Gasteiger partial charge in [-0.25, -0.2) is 4.79 Å². The molecule has 5 nitrogen and oxygen atoms in total. The summed E-state index contributed by atoms with van der Waals surface area (Å²) in [5.41, 5.74) is 1.64. The highest BCUT2D eigenvalue weighted by atomic mass is 16.5. The molecule has 4 bridgehead atoms. The summed E-state index contributed by atoms with van der Waals surface area (Å²) in [5.74, 6) is 0.633. The molecule has 0 saturated heterocycles. The number of carbonyl (C=O) groups is 1. The van der Waals surface area contributed by atoms with Crippen LogP contribution in [0.2, 0.25) is 0 Å². The number of aryl methyl sites for hydroxylation is 2. The summed E-state index contributed by atoms with van der Waals surface area (Å²) in [4.78, 5) is 25.1. The molecule has 0 spiro atoms. The van der Waals surface area contributed by atoms with Gasteiger partial charge in [-0.05, 0) is 87.5 Å². The quantitative estimate of drug-likeness (QED) is 0.646. The summed E-state index contributed by atoms with van der Waals surface area (Å²) < 4.78 is 11.1. The van der Waals surface area contributed by atoms with Gasteiger partial charge in [-0.3, -0.25) is 4.79 Å². The summed E-state index contributed by atoms with van der Waals surface area (Å²) in [6, 6.07) is 5.24. The molecule has 4 fully saturated rings. The molecule has 1 N–H and O–H groups in total. The van der Waals surface area contributed by atoms with Gasteiger partial charge in [0.1, 0.15) is 12.2 Å². The molecule has 28 heavy (non-hydrogen) atoms. The van der Waals surface area contributed by atoms with Crippen LogP contribution in [0, 0.1) is 31.1 Å². The van der Waals surface area contributed by atoms with Crippen molar-refractivity contribution in [2.75, 3.05) is 0 Å². The van der Waals surface area contributed by atoms with E-state index in [1.54, 1.807) is 0 Å². The van der Waals surface area contributed by atoms with Gasteiger partial charge in [-0.2, -0.15) is 0 Å². The maximum Gasteiger partial charge on any atom is 0.336 e. The first-order chi connectivity index (χ1) is 13.3. The Bertz CT molecular complexity index is 1020. The molecule has 2 aromatic rings. The van der Waals surface area contributed by atoms with Gasteiger partial charge >= 0.3 is 11.6 Å². The molecule has 0 radical (unpaired) electrons. The van der Waals surface area contributed by atoms with Crippen molar-refractivity contribution in [3.05, 3.63) is 45.3 Å². The van der Waals surface area contributed by atoms with Crippen molar-refractivity contribution < 1.29 is 19.1 Å². The van der Waals surface area contributed by atoms with E-state index >= 15 is 0 Å². The van der Waals surface area contributed by atoms with Crippen molar-refractivity contribution >= 4 is 16.9 Å². The Balaban J connectivity index is 1.42.